The quantitative estimate of drug-likeness (QED) is 0.493. The van der Waals surface area contributed by atoms with E-state index in [1.165, 1.54) is 33.4 Å². The number of aryl methyl sites for hydroxylation is 3. The molecule has 30 heavy (non-hydrogen) atoms. The van der Waals surface area contributed by atoms with E-state index >= 15 is 0 Å². The number of carbonyl (C=O) groups is 1. The highest BCUT2D eigenvalue weighted by atomic mass is 32.1. The Morgan fingerprint density at radius 1 is 1.07 bits per heavy atom. The number of carbonyl (C=O) groups excluding carboxylic acids is 1. The highest BCUT2D eigenvalue weighted by Gasteiger charge is 2.22. The molecule has 0 aliphatic rings. The maximum absolute atomic E-state index is 13.4. The van der Waals surface area contributed by atoms with Gasteiger partial charge in [0.15, 0.2) is 0 Å². The molecule has 0 bridgehead atoms. The molecule has 0 aliphatic carbocycles. The molecule has 6 heteroatoms. The van der Waals surface area contributed by atoms with Gasteiger partial charge in [-0.1, -0.05) is 36.4 Å². The van der Waals surface area contributed by atoms with Crippen LogP contribution in [0.15, 0.2) is 59.7 Å². The van der Waals surface area contributed by atoms with Gasteiger partial charge in [0, 0.05) is 16.1 Å². The van der Waals surface area contributed by atoms with Crippen molar-refractivity contribution in [3.8, 4) is 11.1 Å². The molecule has 2 aromatic carbocycles. The van der Waals surface area contributed by atoms with Crippen LogP contribution in [0.5, 0.6) is 0 Å². The van der Waals surface area contributed by atoms with Gasteiger partial charge in [0.05, 0.1) is 11.7 Å². The molecule has 2 aromatic heterocycles. The second-order valence-electron chi connectivity index (χ2n) is 7.50. The van der Waals surface area contributed by atoms with Crippen LogP contribution in [0.25, 0.3) is 21.3 Å². The maximum atomic E-state index is 13.4. The number of aromatic nitrogens is 2. The third-order valence-electron chi connectivity index (χ3n) is 5.45. The van der Waals surface area contributed by atoms with E-state index in [-0.39, 0.29) is 11.5 Å². The minimum atomic E-state index is -0.692. The van der Waals surface area contributed by atoms with Crippen molar-refractivity contribution in [3.63, 3.8) is 0 Å². The zero-order chi connectivity index (χ0) is 21.4. The Balaban J connectivity index is 1.79. The van der Waals surface area contributed by atoms with Gasteiger partial charge >= 0.3 is 0 Å². The molecule has 152 valence electrons. The van der Waals surface area contributed by atoms with Crippen LogP contribution >= 0.6 is 11.3 Å². The number of hydrogen-bond acceptors (Lipinski definition) is 4. The summed E-state index contributed by atoms with van der Waals surface area (Å²) in [4.78, 5) is 32.4. The van der Waals surface area contributed by atoms with E-state index in [0.29, 0.717) is 15.9 Å². The van der Waals surface area contributed by atoms with Gasteiger partial charge in [-0.05, 0) is 56.5 Å². The van der Waals surface area contributed by atoms with Crippen LogP contribution in [0.4, 0.5) is 5.69 Å². The number of rotatable bonds is 4. The Hall–Kier alpha value is -3.25. The van der Waals surface area contributed by atoms with Gasteiger partial charge in [0.1, 0.15) is 10.9 Å². The number of nitrogens with zero attached hydrogens (tertiary/aromatic N) is 2. The van der Waals surface area contributed by atoms with Crippen LogP contribution in [0.3, 0.4) is 0 Å². The fourth-order valence-corrected chi connectivity index (χ4v) is 4.53. The fraction of sp³-hybridized carbons (Fsp3) is 0.208. The first kappa shape index (κ1) is 20.0. The van der Waals surface area contributed by atoms with Crippen molar-refractivity contribution in [2.45, 2.75) is 33.7 Å². The van der Waals surface area contributed by atoms with E-state index in [1.807, 2.05) is 43.3 Å². The van der Waals surface area contributed by atoms with Gasteiger partial charge in [-0.2, -0.15) is 0 Å². The van der Waals surface area contributed by atoms with E-state index < -0.39 is 6.04 Å². The molecule has 0 spiro atoms. The third-order valence-corrected chi connectivity index (χ3v) is 6.46. The van der Waals surface area contributed by atoms with Gasteiger partial charge in [-0.25, -0.2) is 4.98 Å². The van der Waals surface area contributed by atoms with Crippen molar-refractivity contribution in [1.29, 1.82) is 0 Å². The summed E-state index contributed by atoms with van der Waals surface area (Å²) in [6.45, 7) is 7.85. The van der Waals surface area contributed by atoms with Crippen molar-refractivity contribution in [3.05, 3.63) is 81.2 Å². The van der Waals surface area contributed by atoms with Crippen LogP contribution in [0, 0.1) is 20.8 Å². The Kier molecular flexibility index (Phi) is 5.26. The van der Waals surface area contributed by atoms with Crippen LogP contribution in [0.1, 0.15) is 29.0 Å². The molecule has 0 saturated carbocycles. The third kappa shape index (κ3) is 3.55. The number of benzene rings is 2. The summed E-state index contributed by atoms with van der Waals surface area (Å²) < 4.78 is 1.41. The van der Waals surface area contributed by atoms with Crippen molar-refractivity contribution < 1.29 is 4.79 Å². The van der Waals surface area contributed by atoms with Gasteiger partial charge in [0.2, 0.25) is 5.91 Å². The molecule has 4 rings (SSSR count). The minimum Gasteiger partial charge on any atom is -0.324 e. The molecule has 1 amide bonds. The average Bonchev–Trinajstić information content (AvgIpc) is 3.07. The Morgan fingerprint density at radius 2 is 1.80 bits per heavy atom. The SMILES string of the molecule is Cc1ccc(-c2c(C)sc3ncn([C@H](C)C(=O)Nc4ccccc4)c(=O)c23)cc1C. The first-order valence-electron chi connectivity index (χ1n) is 9.80. The number of anilines is 1. The highest BCUT2D eigenvalue weighted by molar-refractivity contribution is 7.19. The molecule has 1 N–H and O–H groups in total. The molecular formula is C24H23N3O2S. The first-order valence-corrected chi connectivity index (χ1v) is 10.6. The molecule has 0 radical (unpaired) electrons. The number of para-hydroxylation sites is 1. The predicted octanol–water partition coefficient (Wildman–Crippen LogP) is 5.25. The molecule has 5 nitrogen and oxygen atoms in total. The van der Waals surface area contributed by atoms with Gasteiger partial charge in [0.25, 0.3) is 5.56 Å². The predicted molar refractivity (Wildman–Crippen MR) is 123 cm³/mol. The van der Waals surface area contributed by atoms with Crippen molar-refractivity contribution >= 4 is 33.1 Å². The molecule has 0 unspecified atom stereocenters. The lowest BCUT2D eigenvalue weighted by molar-refractivity contribution is -0.118. The largest absolute Gasteiger partial charge is 0.324 e. The summed E-state index contributed by atoms with van der Waals surface area (Å²) in [7, 11) is 0. The van der Waals surface area contributed by atoms with Crippen LogP contribution < -0.4 is 10.9 Å². The zero-order valence-corrected chi connectivity index (χ0v) is 18.2. The maximum Gasteiger partial charge on any atom is 0.263 e. The molecule has 0 aliphatic heterocycles. The number of nitrogens with one attached hydrogen (secondary N) is 1. The smallest absolute Gasteiger partial charge is 0.263 e. The normalized spacial score (nSPS) is 12.1. The van der Waals surface area contributed by atoms with E-state index in [9.17, 15) is 9.59 Å². The van der Waals surface area contributed by atoms with Crippen molar-refractivity contribution in [2.75, 3.05) is 5.32 Å². The Morgan fingerprint density at radius 3 is 2.50 bits per heavy atom. The molecule has 0 fully saturated rings. The van der Waals surface area contributed by atoms with E-state index in [1.54, 1.807) is 6.92 Å². The average molecular weight is 418 g/mol. The van der Waals surface area contributed by atoms with Crippen LogP contribution in [0.2, 0.25) is 0 Å². The highest BCUT2D eigenvalue weighted by Crippen LogP contribution is 2.36. The summed E-state index contributed by atoms with van der Waals surface area (Å²) in [6, 6.07) is 14.7. The molecule has 0 saturated heterocycles. The number of amides is 1. The summed E-state index contributed by atoms with van der Waals surface area (Å²) >= 11 is 1.50. The molecule has 4 aromatic rings. The molecule has 1 atom stereocenters. The van der Waals surface area contributed by atoms with Gasteiger partial charge in [-0.15, -0.1) is 11.3 Å². The Labute approximate surface area is 179 Å². The van der Waals surface area contributed by atoms with E-state index in [0.717, 1.165) is 16.0 Å². The van der Waals surface area contributed by atoms with Crippen molar-refractivity contribution in [2.24, 2.45) is 0 Å². The molecule has 2 heterocycles. The van der Waals surface area contributed by atoms with Crippen molar-refractivity contribution in [1.82, 2.24) is 9.55 Å². The minimum absolute atomic E-state index is 0.201. The summed E-state index contributed by atoms with van der Waals surface area (Å²) in [5.74, 6) is -0.260. The lowest BCUT2D eigenvalue weighted by Gasteiger charge is -2.15. The summed E-state index contributed by atoms with van der Waals surface area (Å²) in [5, 5.41) is 3.43. The Bertz CT molecular complexity index is 1310. The first-order chi connectivity index (χ1) is 14.4. The number of fused-ring (bicyclic) bond motifs is 1. The summed E-state index contributed by atoms with van der Waals surface area (Å²) in [5.41, 5.74) is 4.77. The van der Waals surface area contributed by atoms with E-state index in [4.69, 9.17) is 0 Å². The number of hydrogen-bond donors (Lipinski definition) is 1. The van der Waals surface area contributed by atoms with Crippen LogP contribution in [-0.4, -0.2) is 15.5 Å². The standard InChI is InChI=1S/C24H23N3O2S/c1-14-10-11-18(12-15(14)2)20-17(4)30-23-21(20)24(29)27(13-25-23)16(3)22(28)26-19-8-6-5-7-9-19/h5-13,16H,1-4H3,(H,26,28)/t16-/m1/s1. The second kappa shape index (κ2) is 7.88. The molecular weight excluding hydrogens is 394 g/mol. The number of thiophene rings is 1. The zero-order valence-electron chi connectivity index (χ0n) is 17.4. The van der Waals surface area contributed by atoms with Crippen LogP contribution in [-0.2, 0) is 4.79 Å². The van der Waals surface area contributed by atoms with Gasteiger partial charge < -0.3 is 5.32 Å². The summed E-state index contributed by atoms with van der Waals surface area (Å²) in [6.07, 6.45) is 1.47. The monoisotopic (exact) mass is 417 g/mol. The lowest BCUT2D eigenvalue weighted by atomic mass is 9.99. The fourth-order valence-electron chi connectivity index (χ4n) is 3.53. The second-order valence-corrected chi connectivity index (χ2v) is 8.70. The lowest BCUT2D eigenvalue weighted by Crippen LogP contribution is -2.31. The van der Waals surface area contributed by atoms with Gasteiger partial charge in [-0.3, -0.25) is 14.2 Å². The van der Waals surface area contributed by atoms with E-state index in [2.05, 4.69) is 36.3 Å². The topological polar surface area (TPSA) is 64.0 Å².